The molecule has 1 atom stereocenters. The smallest absolute Gasteiger partial charge is 0.262 e. The molecule has 2 aromatic rings. The first-order chi connectivity index (χ1) is 12.6. The minimum absolute atomic E-state index is 0.104. The molecule has 0 saturated carbocycles. The maximum Gasteiger partial charge on any atom is 0.262 e. The molecule has 0 bridgehead atoms. The van der Waals surface area contributed by atoms with Crippen molar-refractivity contribution in [1.82, 2.24) is 15.5 Å². The van der Waals surface area contributed by atoms with E-state index in [9.17, 15) is 4.79 Å². The van der Waals surface area contributed by atoms with Gasteiger partial charge in [-0.2, -0.15) is 0 Å². The Kier molecular flexibility index (Phi) is 6.25. The molecule has 1 saturated heterocycles. The topological polar surface area (TPSA) is 86.5 Å². The van der Waals surface area contributed by atoms with Crippen LogP contribution in [0.1, 0.15) is 30.5 Å². The molecule has 0 aliphatic carbocycles. The number of benzene rings is 1. The number of amides is 1. The summed E-state index contributed by atoms with van der Waals surface area (Å²) >= 11 is 5.80. The summed E-state index contributed by atoms with van der Waals surface area (Å²) in [5, 5.41) is 11.4. The minimum Gasteiger partial charge on any atom is -0.484 e. The summed E-state index contributed by atoms with van der Waals surface area (Å²) in [5.41, 5.74) is 0.568. The van der Waals surface area contributed by atoms with Crippen molar-refractivity contribution in [2.45, 2.75) is 25.2 Å². The number of carbonyl (C=O) groups is 1. The fourth-order valence-corrected chi connectivity index (χ4v) is 2.62. The van der Waals surface area contributed by atoms with Crippen LogP contribution >= 0.6 is 11.6 Å². The van der Waals surface area contributed by atoms with Crippen LogP contribution in [0.2, 0.25) is 5.02 Å². The second kappa shape index (κ2) is 8.82. The molecule has 1 aliphatic rings. The molecule has 1 unspecified atom stereocenters. The maximum atomic E-state index is 11.9. The molecule has 1 N–H and O–H groups in total. The van der Waals surface area contributed by atoms with Crippen molar-refractivity contribution >= 4 is 17.5 Å². The highest BCUT2D eigenvalue weighted by Gasteiger charge is 2.23. The van der Waals surface area contributed by atoms with Gasteiger partial charge < -0.3 is 19.2 Å². The molecular weight excluding hydrogens is 358 g/mol. The highest BCUT2D eigenvalue weighted by Crippen LogP contribution is 2.24. The first kappa shape index (κ1) is 18.4. The second-order valence-electron chi connectivity index (χ2n) is 5.99. The van der Waals surface area contributed by atoms with Gasteiger partial charge in [0.1, 0.15) is 5.75 Å². The zero-order valence-corrected chi connectivity index (χ0v) is 15.0. The summed E-state index contributed by atoms with van der Waals surface area (Å²) < 4.78 is 16.3. The Balaban J connectivity index is 1.38. The Morgan fingerprint density at radius 1 is 1.35 bits per heavy atom. The summed E-state index contributed by atoms with van der Waals surface area (Å²) in [5.74, 6) is 1.62. The van der Waals surface area contributed by atoms with Gasteiger partial charge in [0, 0.05) is 23.7 Å². The normalized spacial score (nSPS) is 16.4. The summed E-state index contributed by atoms with van der Waals surface area (Å²) in [7, 11) is 0. The summed E-state index contributed by atoms with van der Waals surface area (Å²) in [6.07, 6.45) is 1.92. The van der Waals surface area contributed by atoms with E-state index in [-0.39, 0.29) is 18.4 Å². The molecular formula is C18H20ClN3O4. The lowest BCUT2D eigenvalue weighted by atomic mass is 10.1. The number of aryl methyl sites for hydroxylation is 1. The summed E-state index contributed by atoms with van der Waals surface area (Å²) in [4.78, 5) is 11.9. The van der Waals surface area contributed by atoms with Gasteiger partial charge in [-0.3, -0.25) is 4.79 Å². The SMILES string of the molecule is C=C(CCc1nnc(C2CCOC2)o1)NC(=O)COc1ccc(Cl)cc1. The Morgan fingerprint density at radius 3 is 2.88 bits per heavy atom. The third-order valence-corrected chi connectivity index (χ3v) is 4.15. The van der Waals surface area contributed by atoms with Crippen LogP contribution in [0, 0.1) is 0 Å². The van der Waals surface area contributed by atoms with E-state index in [0.717, 1.165) is 13.0 Å². The number of aromatic nitrogens is 2. The van der Waals surface area contributed by atoms with E-state index in [2.05, 4.69) is 22.1 Å². The van der Waals surface area contributed by atoms with Crippen LogP contribution in [0.3, 0.4) is 0 Å². The molecule has 0 radical (unpaired) electrons. The molecule has 0 spiro atoms. The van der Waals surface area contributed by atoms with Gasteiger partial charge in [-0.05, 0) is 37.1 Å². The van der Waals surface area contributed by atoms with Crippen molar-refractivity contribution < 1.29 is 18.7 Å². The molecule has 8 heteroatoms. The highest BCUT2D eigenvalue weighted by atomic mass is 35.5. The number of ether oxygens (including phenoxy) is 2. The summed E-state index contributed by atoms with van der Waals surface area (Å²) in [6, 6.07) is 6.80. The van der Waals surface area contributed by atoms with Crippen LogP contribution in [0.15, 0.2) is 41.0 Å². The van der Waals surface area contributed by atoms with Gasteiger partial charge in [0.25, 0.3) is 5.91 Å². The van der Waals surface area contributed by atoms with Gasteiger partial charge in [-0.25, -0.2) is 0 Å². The van der Waals surface area contributed by atoms with Gasteiger partial charge in [-0.1, -0.05) is 18.2 Å². The zero-order chi connectivity index (χ0) is 18.4. The third-order valence-electron chi connectivity index (χ3n) is 3.90. The van der Waals surface area contributed by atoms with Gasteiger partial charge in [0.05, 0.1) is 12.5 Å². The lowest BCUT2D eigenvalue weighted by Gasteiger charge is -2.09. The summed E-state index contributed by atoms with van der Waals surface area (Å²) in [6.45, 7) is 5.09. The Morgan fingerprint density at radius 2 is 2.15 bits per heavy atom. The lowest BCUT2D eigenvalue weighted by Crippen LogP contribution is -2.28. The Hall–Kier alpha value is -2.38. The molecule has 138 valence electrons. The average Bonchev–Trinajstić information content (AvgIpc) is 3.31. The monoisotopic (exact) mass is 377 g/mol. The Bertz CT molecular complexity index is 754. The number of nitrogens with zero attached hydrogens (tertiary/aromatic N) is 2. The quantitative estimate of drug-likeness (QED) is 0.761. The van der Waals surface area contributed by atoms with Crippen molar-refractivity contribution in [3.05, 3.63) is 53.3 Å². The highest BCUT2D eigenvalue weighted by molar-refractivity contribution is 6.30. The predicted molar refractivity (Wildman–Crippen MR) is 95.0 cm³/mol. The van der Waals surface area contributed by atoms with E-state index in [4.69, 9.17) is 25.5 Å². The van der Waals surface area contributed by atoms with Crippen LogP contribution in [0.5, 0.6) is 5.75 Å². The van der Waals surface area contributed by atoms with E-state index in [1.807, 2.05) is 0 Å². The van der Waals surface area contributed by atoms with Crippen LogP contribution < -0.4 is 10.1 Å². The standard InChI is InChI=1S/C18H20ClN3O4/c1-12(20-16(23)11-25-15-5-3-14(19)4-6-15)2-7-17-21-22-18(26-17)13-8-9-24-10-13/h3-6,13H,1-2,7-11H2,(H,20,23). The van der Waals surface area contributed by atoms with E-state index < -0.39 is 0 Å². The van der Waals surface area contributed by atoms with Crippen molar-refractivity contribution in [1.29, 1.82) is 0 Å². The fraction of sp³-hybridized carbons (Fsp3) is 0.389. The van der Waals surface area contributed by atoms with E-state index in [0.29, 0.717) is 47.7 Å². The van der Waals surface area contributed by atoms with Gasteiger partial charge in [-0.15, -0.1) is 10.2 Å². The molecule has 26 heavy (non-hydrogen) atoms. The third kappa shape index (κ3) is 5.31. The molecule has 7 nitrogen and oxygen atoms in total. The van der Waals surface area contributed by atoms with Crippen molar-refractivity contribution in [2.75, 3.05) is 19.8 Å². The largest absolute Gasteiger partial charge is 0.484 e. The van der Waals surface area contributed by atoms with Crippen molar-refractivity contribution in [2.24, 2.45) is 0 Å². The van der Waals surface area contributed by atoms with Gasteiger partial charge >= 0.3 is 0 Å². The van der Waals surface area contributed by atoms with Crippen molar-refractivity contribution in [3.63, 3.8) is 0 Å². The van der Waals surface area contributed by atoms with Crippen molar-refractivity contribution in [3.8, 4) is 5.75 Å². The predicted octanol–water partition coefficient (Wildman–Crippen LogP) is 2.87. The average molecular weight is 378 g/mol. The van der Waals surface area contributed by atoms with E-state index >= 15 is 0 Å². The first-order valence-electron chi connectivity index (χ1n) is 8.36. The van der Waals surface area contributed by atoms with Gasteiger partial charge in [0.15, 0.2) is 6.61 Å². The number of rotatable bonds is 8. The number of hydrogen-bond acceptors (Lipinski definition) is 6. The fourth-order valence-electron chi connectivity index (χ4n) is 2.50. The molecule has 1 amide bonds. The van der Waals surface area contributed by atoms with Crippen LogP contribution in [0.4, 0.5) is 0 Å². The molecule has 3 rings (SSSR count). The van der Waals surface area contributed by atoms with E-state index in [1.54, 1.807) is 24.3 Å². The number of hydrogen-bond donors (Lipinski definition) is 1. The second-order valence-corrected chi connectivity index (χ2v) is 6.43. The van der Waals surface area contributed by atoms with Crippen LogP contribution in [-0.2, 0) is 16.0 Å². The van der Waals surface area contributed by atoms with Crippen LogP contribution in [-0.4, -0.2) is 35.9 Å². The maximum absolute atomic E-state index is 11.9. The van der Waals surface area contributed by atoms with E-state index in [1.165, 1.54) is 0 Å². The number of carbonyl (C=O) groups excluding carboxylic acids is 1. The number of nitrogens with one attached hydrogen (secondary N) is 1. The van der Waals surface area contributed by atoms with Gasteiger partial charge in [0.2, 0.25) is 11.8 Å². The molecule has 1 fully saturated rings. The molecule has 2 heterocycles. The minimum atomic E-state index is -0.278. The number of allylic oxidation sites excluding steroid dienone is 1. The molecule has 1 aromatic heterocycles. The van der Waals surface area contributed by atoms with Crippen LogP contribution in [0.25, 0.3) is 0 Å². The molecule has 1 aromatic carbocycles. The lowest BCUT2D eigenvalue weighted by molar-refractivity contribution is -0.122. The number of halogens is 1. The molecule has 1 aliphatic heterocycles. The first-order valence-corrected chi connectivity index (χ1v) is 8.74. The zero-order valence-electron chi connectivity index (χ0n) is 14.2. The Labute approximate surface area is 156 Å².